The number of benzene rings is 1. The number of hydrogen-bond acceptors (Lipinski definition) is 3. The lowest BCUT2D eigenvalue weighted by Gasteiger charge is -2.30. The number of pyridine rings is 1. The number of fused-ring (bicyclic) bond motifs is 1. The van der Waals surface area contributed by atoms with Gasteiger partial charge >= 0.3 is 0 Å². The van der Waals surface area contributed by atoms with E-state index in [2.05, 4.69) is 22.4 Å². The van der Waals surface area contributed by atoms with Crippen molar-refractivity contribution in [2.75, 3.05) is 5.32 Å². The Morgan fingerprint density at radius 3 is 2.83 bits per heavy atom. The van der Waals surface area contributed by atoms with E-state index in [9.17, 15) is 0 Å². The van der Waals surface area contributed by atoms with Crippen LogP contribution in [0.25, 0.3) is 10.9 Å². The van der Waals surface area contributed by atoms with E-state index < -0.39 is 0 Å². The van der Waals surface area contributed by atoms with E-state index in [-0.39, 0.29) is 6.04 Å². The van der Waals surface area contributed by atoms with Gasteiger partial charge in [0, 0.05) is 29.4 Å². The lowest BCUT2D eigenvalue weighted by Crippen LogP contribution is -2.42. The van der Waals surface area contributed by atoms with Crippen LogP contribution in [0.4, 0.5) is 5.69 Å². The van der Waals surface area contributed by atoms with Gasteiger partial charge in [-0.1, -0.05) is 31.0 Å². The van der Waals surface area contributed by atoms with Gasteiger partial charge in [-0.25, -0.2) is 0 Å². The van der Waals surface area contributed by atoms with Crippen LogP contribution in [0.1, 0.15) is 25.7 Å². The summed E-state index contributed by atoms with van der Waals surface area (Å²) < 4.78 is 0. The fourth-order valence-corrected chi connectivity index (χ4v) is 2.76. The fourth-order valence-electron chi connectivity index (χ4n) is 2.76. The predicted molar refractivity (Wildman–Crippen MR) is 75.6 cm³/mol. The molecule has 0 saturated heterocycles. The number of aromatic nitrogens is 1. The van der Waals surface area contributed by atoms with Crippen LogP contribution >= 0.6 is 0 Å². The molecule has 1 aliphatic rings. The highest BCUT2D eigenvalue weighted by Crippen LogP contribution is 2.25. The molecule has 18 heavy (non-hydrogen) atoms. The summed E-state index contributed by atoms with van der Waals surface area (Å²) in [5.41, 5.74) is 8.38. The van der Waals surface area contributed by atoms with E-state index in [4.69, 9.17) is 5.73 Å². The first-order chi connectivity index (χ1) is 8.84. The molecule has 3 N–H and O–H groups in total. The van der Waals surface area contributed by atoms with Crippen LogP contribution in [-0.2, 0) is 0 Å². The first kappa shape index (κ1) is 11.5. The summed E-state index contributed by atoms with van der Waals surface area (Å²) in [5, 5.41) is 4.79. The van der Waals surface area contributed by atoms with Crippen molar-refractivity contribution >= 4 is 16.6 Å². The number of hydrogen-bond donors (Lipinski definition) is 2. The van der Waals surface area contributed by atoms with E-state index in [0.717, 1.165) is 24.0 Å². The summed E-state index contributed by atoms with van der Waals surface area (Å²) in [6, 6.07) is 10.9. The molecule has 0 aliphatic heterocycles. The van der Waals surface area contributed by atoms with Gasteiger partial charge in [-0.05, 0) is 25.0 Å². The average Bonchev–Trinajstić information content (AvgIpc) is 2.42. The summed E-state index contributed by atoms with van der Waals surface area (Å²) in [7, 11) is 0. The van der Waals surface area contributed by atoms with Crippen LogP contribution in [0.5, 0.6) is 0 Å². The van der Waals surface area contributed by atoms with Crippen molar-refractivity contribution in [1.29, 1.82) is 0 Å². The molecular formula is C15H19N3. The molecule has 3 heteroatoms. The zero-order chi connectivity index (χ0) is 12.4. The summed E-state index contributed by atoms with van der Waals surface area (Å²) >= 11 is 0. The highest BCUT2D eigenvalue weighted by Gasteiger charge is 2.21. The molecule has 1 fully saturated rings. The van der Waals surface area contributed by atoms with Crippen molar-refractivity contribution in [2.24, 2.45) is 5.73 Å². The minimum atomic E-state index is 0.269. The molecule has 1 aliphatic carbocycles. The van der Waals surface area contributed by atoms with Gasteiger partial charge in [-0.15, -0.1) is 0 Å². The molecule has 2 atom stereocenters. The Hall–Kier alpha value is -1.61. The van der Waals surface area contributed by atoms with Gasteiger partial charge in [-0.3, -0.25) is 4.98 Å². The molecule has 1 heterocycles. The normalized spacial score (nSPS) is 24.1. The number of para-hydroxylation sites is 1. The molecule has 1 aromatic carbocycles. The Kier molecular flexibility index (Phi) is 3.15. The minimum Gasteiger partial charge on any atom is -0.380 e. The Balaban J connectivity index is 1.90. The van der Waals surface area contributed by atoms with E-state index in [1.165, 1.54) is 18.2 Å². The largest absolute Gasteiger partial charge is 0.380 e. The summed E-state index contributed by atoms with van der Waals surface area (Å²) in [4.78, 5) is 4.38. The lowest BCUT2D eigenvalue weighted by atomic mass is 9.91. The molecule has 1 saturated carbocycles. The highest BCUT2D eigenvalue weighted by atomic mass is 15.0. The standard InChI is InChI=1S/C15H19N3/c16-12-6-2-4-8-15(12)18-14-9-10-17-13-7-3-1-5-11(13)14/h1,3,5,7,9-10,12,15H,2,4,6,8,16H2,(H,17,18). The SMILES string of the molecule is NC1CCCCC1Nc1ccnc2ccccc12. The number of nitrogens with two attached hydrogens (primary N) is 1. The van der Waals surface area contributed by atoms with Gasteiger partial charge in [0.25, 0.3) is 0 Å². The van der Waals surface area contributed by atoms with Crippen molar-refractivity contribution in [2.45, 2.75) is 37.8 Å². The maximum Gasteiger partial charge on any atom is 0.0722 e. The Bertz CT molecular complexity index is 533. The van der Waals surface area contributed by atoms with Crippen molar-refractivity contribution in [1.82, 2.24) is 4.98 Å². The maximum absolute atomic E-state index is 6.19. The van der Waals surface area contributed by atoms with Crippen molar-refractivity contribution < 1.29 is 0 Å². The second kappa shape index (κ2) is 4.94. The van der Waals surface area contributed by atoms with E-state index >= 15 is 0 Å². The van der Waals surface area contributed by atoms with E-state index in [1.54, 1.807) is 0 Å². The first-order valence-corrected chi connectivity index (χ1v) is 6.70. The molecule has 0 radical (unpaired) electrons. The molecular weight excluding hydrogens is 222 g/mol. The van der Waals surface area contributed by atoms with Gasteiger partial charge < -0.3 is 11.1 Å². The quantitative estimate of drug-likeness (QED) is 0.850. The zero-order valence-corrected chi connectivity index (χ0v) is 10.5. The fraction of sp³-hybridized carbons (Fsp3) is 0.400. The number of nitrogens with one attached hydrogen (secondary N) is 1. The predicted octanol–water partition coefficient (Wildman–Crippen LogP) is 2.92. The van der Waals surface area contributed by atoms with Crippen LogP contribution in [0.15, 0.2) is 36.5 Å². The Morgan fingerprint density at radius 2 is 1.94 bits per heavy atom. The molecule has 2 unspecified atom stereocenters. The molecule has 0 amide bonds. The zero-order valence-electron chi connectivity index (χ0n) is 10.5. The molecule has 94 valence electrons. The number of nitrogens with zero attached hydrogens (tertiary/aromatic N) is 1. The van der Waals surface area contributed by atoms with Crippen LogP contribution in [0.3, 0.4) is 0 Å². The van der Waals surface area contributed by atoms with Gasteiger partial charge in [-0.2, -0.15) is 0 Å². The first-order valence-electron chi connectivity index (χ1n) is 6.70. The molecule has 2 aromatic rings. The summed E-state index contributed by atoms with van der Waals surface area (Å²) in [6.07, 6.45) is 6.68. The smallest absolute Gasteiger partial charge is 0.0722 e. The maximum atomic E-state index is 6.19. The summed E-state index contributed by atoms with van der Waals surface area (Å²) in [5.74, 6) is 0. The number of rotatable bonds is 2. The topological polar surface area (TPSA) is 50.9 Å². The molecule has 0 bridgehead atoms. The van der Waals surface area contributed by atoms with Crippen LogP contribution < -0.4 is 11.1 Å². The monoisotopic (exact) mass is 241 g/mol. The molecule has 0 spiro atoms. The van der Waals surface area contributed by atoms with Gasteiger partial charge in [0.2, 0.25) is 0 Å². The molecule has 3 nitrogen and oxygen atoms in total. The second-order valence-corrected chi connectivity index (χ2v) is 5.07. The Morgan fingerprint density at radius 1 is 1.11 bits per heavy atom. The van der Waals surface area contributed by atoms with Gasteiger partial charge in [0.1, 0.15) is 0 Å². The lowest BCUT2D eigenvalue weighted by molar-refractivity contribution is 0.404. The van der Waals surface area contributed by atoms with Crippen molar-refractivity contribution in [3.63, 3.8) is 0 Å². The highest BCUT2D eigenvalue weighted by molar-refractivity contribution is 5.90. The van der Waals surface area contributed by atoms with Crippen molar-refractivity contribution in [3.8, 4) is 0 Å². The average molecular weight is 241 g/mol. The summed E-state index contributed by atoms with van der Waals surface area (Å²) in [6.45, 7) is 0. The van der Waals surface area contributed by atoms with Crippen LogP contribution in [-0.4, -0.2) is 17.1 Å². The third-order valence-electron chi connectivity index (χ3n) is 3.81. The number of anilines is 1. The van der Waals surface area contributed by atoms with Crippen LogP contribution in [0.2, 0.25) is 0 Å². The van der Waals surface area contributed by atoms with Gasteiger partial charge in [0.15, 0.2) is 0 Å². The van der Waals surface area contributed by atoms with E-state index in [0.29, 0.717) is 6.04 Å². The van der Waals surface area contributed by atoms with Crippen molar-refractivity contribution in [3.05, 3.63) is 36.5 Å². The van der Waals surface area contributed by atoms with Gasteiger partial charge in [0.05, 0.1) is 5.52 Å². The third-order valence-corrected chi connectivity index (χ3v) is 3.81. The third kappa shape index (κ3) is 2.18. The minimum absolute atomic E-state index is 0.269. The second-order valence-electron chi connectivity index (χ2n) is 5.07. The van der Waals surface area contributed by atoms with Crippen LogP contribution in [0, 0.1) is 0 Å². The molecule has 1 aromatic heterocycles. The van der Waals surface area contributed by atoms with E-state index in [1.807, 2.05) is 24.4 Å². The Labute approximate surface area is 107 Å². The molecule has 3 rings (SSSR count).